The van der Waals surface area contributed by atoms with Crippen LogP contribution < -0.4 is 0 Å². The van der Waals surface area contributed by atoms with Crippen LogP contribution in [0.25, 0.3) is 0 Å². The summed E-state index contributed by atoms with van der Waals surface area (Å²) in [7, 11) is 0. The molecule has 1 saturated carbocycles. The van der Waals surface area contributed by atoms with E-state index in [0.29, 0.717) is 6.54 Å². The molecule has 0 aromatic heterocycles. The molecular formula is C16H29NO4S. The molecule has 128 valence electrons. The van der Waals surface area contributed by atoms with Gasteiger partial charge in [0.05, 0.1) is 0 Å². The Morgan fingerprint density at radius 2 is 1.82 bits per heavy atom. The molecule has 1 aliphatic carbocycles. The summed E-state index contributed by atoms with van der Waals surface area (Å²) < 4.78 is 5.50. The van der Waals surface area contributed by atoms with Crippen molar-refractivity contribution in [2.24, 2.45) is 5.92 Å². The van der Waals surface area contributed by atoms with Crippen molar-refractivity contribution in [2.75, 3.05) is 6.54 Å². The molecule has 1 amide bonds. The molecule has 1 aliphatic rings. The molecule has 0 radical (unpaired) electrons. The van der Waals surface area contributed by atoms with E-state index in [2.05, 4.69) is 12.6 Å². The Morgan fingerprint density at radius 1 is 1.27 bits per heavy atom. The van der Waals surface area contributed by atoms with E-state index >= 15 is 0 Å². The van der Waals surface area contributed by atoms with Crippen molar-refractivity contribution in [1.82, 2.24) is 4.90 Å². The highest BCUT2D eigenvalue weighted by Gasteiger charge is 2.32. The lowest BCUT2D eigenvalue weighted by Crippen LogP contribution is -2.47. The van der Waals surface area contributed by atoms with Gasteiger partial charge in [0.25, 0.3) is 0 Å². The molecule has 1 unspecified atom stereocenters. The van der Waals surface area contributed by atoms with Crippen LogP contribution in [-0.2, 0) is 9.53 Å². The summed E-state index contributed by atoms with van der Waals surface area (Å²) in [6, 6.07) is 0.120. The van der Waals surface area contributed by atoms with E-state index in [4.69, 9.17) is 9.84 Å². The summed E-state index contributed by atoms with van der Waals surface area (Å²) >= 11 is 4.40. The lowest BCUT2D eigenvalue weighted by atomic mass is 9.83. The average Bonchev–Trinajstić information content (AvgIpc) is 2.34. The van der Waals surface area contributed by atoms with Gasteiger partial charge in [0.2, 0.25) is 0 Å². The van der Waals surface area contributed by atoms with E-state index in [1.807, 2.05) is 27.7 Å². The number of hydrogen-bond acceptors (Lipinski definition) is 4. The number of carboxylic acid groups (broad SMARTS) is 1. The Kier molecular flexibility index (Phi) is 7.03. The first kappa shape index (κ1) is 19.1. The van der Waals surface area contributed by atoms with Gasteiger partial charge in [0.1, 0.15) is 5.60 Å². The van der Waals surface area contributed by atoms with Crippen LogP contribution in [0.3, 0.4) is 0 Å². The minimum absolute atomic E-state index is 0.0734. The number of aliphatic carboxylic acids is 1. The van der Waals surface area contributed by atoms with Crippen LogP contribution in [0.4, 0.5) is 4.79 Å². The van der Waals surface area contributed by atoms with Gasteiger partial charge in [-0.05, 0) is 52.4 Å². The summed E-state index contributed by atoms with van der Waals surface area (Å²) in [4.78, 5) is 25.0. The Hall–Kier alpha value is -0.910. The zero-order valence-electron chi connectivity index (χ0n) is 14.0. The molecule has 1 fully saturated rings. The van der Waals surface area contributed by atoms with Gasteiger partial charge in [-0.2, -0.15) is 12.6 Å². The lowest BCUT2D eigenvalue weighted by Gasteiger charge is -2.38. The van der Waals surface area contributed by atoms with E-state index in [0.717, 1.165) is 25.7 Å². The lowest BCUT2D eigenvalue weighted by molar-refractivity contribution is -0.138. The molecule has 1 atom stereocenters. The molecule has 0 heterocycles. The smallest absolute Gasteiger partial charge is 0.410 e. The molecule has 0 saturated heterocycles. The maximum absolute atomic E-state index is 12.4. The van der Waals surface area contributed by atoms with Crippen LogP contribution in [0.1, 0.15) is 59.8 Å². The Morgan fingerprint density at radius 3 is 2.23 bits per heavy atom. The zero-order chi connectivity index (χ0) is 16.9. The van der Waals surface area contributed by atoms with E-state index in [-0.39, 0.29) is 29.7 Å². The Balaban J connectivity index is 2.65. The second-order valence-electron chi connectivity index (χ2n) is 7.25. The van der Waals surface area contributed by atoms with E-state index in [1.54, 1.807) is 4.90 Å². The average molecular weight is 331 g/mol. The topological polar surface area (TPSA) is 66.8 Å². The molecule has 1 N–H and O–H groups in total. The van der Waals surface area contributed by atoms with Crippen LogP contribution in [0.2, 0.25) is 0 Å². The fraction of sp³-hybridized carbons (Fsp3) is 0.875. The number of carbonyl (C=O) groups is 2. The van der Waals surface area contributed by atoms with E-state index in [9.17, 15) is 9.59 Å². The van der Waals surface area contributed by atoms with Gasteiger partial charge in [-0.1, -0.05) is 6.92 Å². The van der Waals surface area contributed by atoms with Crippen LogP contribution in [0, 0.1) is 5.92 Å². The van der Waals surface area contributed by atoms with Gasteiger partial charge in [0, 0.05) is 24.3 Å². The van der Waals surface area contributed by atoms with Gasteiger partial charge in [-0.25, -0.2) is 4.79 Å². The monoisotopic (exact) mass is 331 g/mol. The molecule has 1 rings (SSSR count). The van der Waals surface area contributed by atoms with Gasteiger partial charge < -0.3 is 14.7 Å². The minimum atomic E-state index is -0.739. The first-order chi connectivity index (χ1) is 10.1. The SMILES string of the molecule is CC(S)CN(C(=O)OC(C)(C)C)C1CCC(CC(=O)O)CC1. The predicted octanol–water partition coefficient (Wildman–Crippen LogP) is 3.58. The third-order valence-corrected chi connectivity index (χ3v) is 3.97. The molecule has 0 aliphatic heterocycles. The van der Waals surface area contributed by atoms with Crippen molar-refractivity contribution >= 4 is 24.7 Å². The maximum Gasteiger partial charge on any atom is 0.410 e. The fourth-order valence-electron chi connectivity index (χ4n) is 2.89. The summed E-state index contributed by atoms with van der Waals surface area (Å²) in [6.07, 6.45) is 3.28. The van der Waals surface area contributed by atoms with Crippen molar-refractivity contribution in [2.45, 2.75) is 76.7 Å². The van der Waals surface area contributed by atoms with E-state index in [1.165, 1.54) is 0 Å². The van der Waals surface area contributed by atoms with Crippen molar-refractivity contribution in [3.8, 4) is 0 Å². The maximum atomic E-state index is 12.4. The fourth-order valence-corrected chi connectivity index (χ4v) is 3.06. The number of rotatable bonds is 5. The van der Waals surface area contributed by atoms with Crippen molar-refractivity contribution in [1.29, 1.82) is 0 Å². The number of nitrogens with zero attached hydrogens (tertiary/aromatic N) is 1. The van der Waals surface area contributed by atoms with E-state index < -0.39 is 11.6 Å². The first-order valence-electron chi connectivity index (χ1n) is 7.98. The van der Waals surface area contributed by atoms with Gasteiger partial charge in [0.15, 0.2) is 0 Å². The largest absolute Gasteiger partial charge is 0.481 e. The highest BCUT2D eigenvalue weighted by molar-refractivity contribution is 7.80. The minimum Gasteiger partial charge on any atom is -0.481 e. The van der Waals surface area contributed by atoms with Crippen molar-refractivity contribution < 1.29 is 19.4 Å². The molecule has 22 heavy (non-hydrogen) atoms. The van der Waals surface area contributed by atoms with Crippen molar-refractivity contribution in [3.05, 3.63) is 0 Å². The molecule has 0 aromatic carbocycles. The van der Waals surface area contributed by atoms with Crippen LogP contribution in [0.5, 0.6) is 0 Å². The van der Waals surface area contributed by atoms with Crippen LogP contribution in [0.15, 0.2) is 0 Å². The standard InChI is InChI=1S/C16H29NO4S/c1-11(22)10-17(15(20)21-16(2,3)4)13-7-5-12(6-8-13)9-14(18)19/h11-13,22H,5-10H2,1-4H3,(H,18,19). The van der Waals surface area contributed by atoms with Crippen LogP contribution >= 0.6 is 12.6 Å². The van der Waals surface area contributed by atoms with Gasteiger partial charge in [-0.3, -0.25) is 4.79 Å². The highest BCUT2D eigenvalue weighted by Crippen LogP contribution is 2.30. The van der Waals surface area contributed by atoms with Gasteiger partial charge in [-0.15, -0.1) is 0 Å². The Bertz CT molecular complexity index is 384. The highest BCUT2D eigenvalue weighted by atomic mass is 32.1. The van der Waals surface area contributed by atoms with Gasteiger partial charge >= 0.3 is 12.1 Å². The third-order valence-electron chi connectivity index (χ3n) is 3.81. The number of amides is 1. The molecular weight excluding hydrogens is 302 g/mol. The second kappa shape index (κ2) is 8.09. The number of hydrogen-bond donors (Lipinski definition) is 2. The predicted molar refractivity (Wildman–Crippen MR) is 89.4 cm³/mol. The number of ether oxygens (including phenoxy) is 1. The number of thiol groups is 1. The third kappa shape index (κ3) is 6.90. The molecule has 6 heteroatoms. The summed E-state index contributed by atoms with van der Waals surface area (Å²) in [5, 5.41) is 8.95. The second-order valence-corrected chi connectivity index (χ2v) is 8.14. The van der Waals surface area contributed by atoms with Crippen LogP contribution in [-0.4, -0.2) is 45.5 Å². The van der Waals surface area contributed by atoms with Crippen molar-refractivity contribution in [3.63, 3.8) is 0 Å². The molecule has 0 spiro atoms. The quantitative estimate of drug-likeness (QED) is 0.756. The molecule has 0 aromatic rings. The zero-order valence-corrected chi connectivity index (χ0v) is 14.9. The summed E-state index contributed by atoms with van der Waals surface area (Å²) in [5.41, 5.74) is -0.518. The number of carbonyl (C=O) groups excluding carboxylic acids is 1. The summed E-state index contributed by atoms with van der Waals surface area (Å²) in [5.74, 6) is -0.515. The molecule has 0 bridgehead atoms. The summed E-state index contributed by atoms with van der Waals surface area (Å²) in [6.45, 7) is 8.08. The Labute approximate surface area is 138 Å². The first-order valence-corrected chi connectivity index (χ1v) is 8.49. The number of carboxylic acids is 1. The molecule has 5 nitrogen and oxygen atoms in total. The normalized spacial score (nSPS) is 23.7.